The van der Waals surface area contributed by atoms with E-state index in [4.69, 9.17) is 0 Å². The van der Waals surface area contributed by atoms with Crippen molar-refractivity contribution in [2.75, 3.05) is 44.2 Å². The normalized spacial score (nSPS) is 15.8. The van der Waals surface area contributed by atoms with Gasteiger partial charge in [-0.05, 0) is 38.1 Å². The molecular formula is C15H22FN3O. The summed E-state index contributed by atoms with van der Waals surface area (Å²) in [6.45, 7) is 6.32. The van der Waals surface area contributed by atoms with Gasteiger partial charge in [0.15, 0.2) is 0 Å². The highest BCUT2D eigenvalue weighted by molar-refractivity contribution is 5.81. The van der Waals surface area contributed by atoms with Crippen LogP contribution in [0.5, 0.6) is 0 Å². The second-order valence-corrected chi connectivity index (χ2v) is 4.98. The summed E-state index contributed by atoms with van der Waals surface area (Å²) in [6.07, 6.45) is 0.984. The van der Waals surface area contributed by atoms with E-state index in [0.29, 0.717) is 13.1 Å². The van der Waals surface area contributed by atoms with E-state index in [0.717, 1.165) is 38.3 Å². The summed E-state index contributed by atoms with van der Waals surface area (Å²) in [5.41, 5.74) is 0.758. The Balaban J connectivity index is 2.00. The largest absolute Gasteiger partial charge is 0.362 e. The van der Waals surface area contributed by atoms with Crippen LogP contribution in [-0.4, -0.2) is 50.1 Å². The van der Waals surface area contributed by atoms with Crippen LogP contribution in [0.25, 0.3) is 0 Å². The average molecular weight is 279 g/mol. The van der Waals surface area contributed by atoms with Gasteiger partial charge in [0.25, 0.3) is 0 Å². The van der Waals surface area contributed by atoms with Crippen molar-refractivity contribution in [1.82, 2.24) is 10.2 Å². The highest BCUT2D eigenvalue weighted by atomic mass is 19.1. The summed E-state index contributed by atoms with van der Waals surface area (Å²) >= 11 is 0. The van der Waals surface area contributed by atoms with Crippen molar-refractivity contribution >= 4 is 11.6 Å². The third kappa shape index (κ3) is 3.93. The van der Waals surface area contributed by atoms with Crippen LogP contribution in [0.3, 0.4) is 0 Å². The van der Waals surface area contributed by atoms with E-state index >= 15 is 0 Å². The molecule has 0 aromatic heterocycles. The number of anilines is 1. The van der Waals surface area contributed by atoms with Crippen LogP contribution in [-0.2, 0) is 4.79 Å². The van der Waals surface area contributed by atoms with Gasteiger partial charge in [0, 0.05) is 31.9 Å². The number of benzene rings is 1. The Hall–Kier alpha value is -1.62. The first-order valence-corrected chi connectivity index (χ1v) is 7.19. The smallest absolute Gasteiger partial charge is 0.242 e. The van der Waals surface area contributed by atoms with Gasteiger partial charge in [-0.3, -0.25) is 4.79 Å². The molecule has 1 amide bonds. The number of carbonyl (C=O) groups excluding carboxylic acids is 1. The zero-order valence-electron chi connectivity index (χ0n) is 11.9. The SMILES string of the molecule is CCN(CC(=O)N1CCCNCC1)c1cccc(F)c1. The van der Waals surface area contributed by atoms with Gasteiger partial charge in [-0.1, -0.05) is 6.07 Å². The lowest BCUT2D eigenvalue weighted by atomic mass is 10.2. The summed E-state index contributed by atoms with van der Waals surface area (Å²) in [7, 11) is 0. The predicted molar refractivity (Wildman–Crippen MR) is 78.4 cm³/mol. The Morgan fingerprint density at radius 1 is 1.40 bits per heavy atom. The molecule has 1 heterocycles. The molecule has 0 radical (unpaired) electrons. The molecule has 0 atom stereocenters. The van der Waals surface area contributed by atoms with Crippen molar-refractivity contribution < 1.29 is 9.18 Å². The summed E-state index contributed by atoms with van der Waals surface area (Å²) < 4.78 is 13.3. The van der Waals surface area contributed by atoms with Gasteiger partial charge in [-0.25, -0.2) is 4.39 Å². The van der Waals surface area contributed by atoms with E-state index < -0.39 is 0 Å². The zero-order valence-corrected chi connectivity index (χ0v) is 11.9. The predicted octanol–water partition coefficient (Wildman–Crippen LogP) is 1.47. The number of carbonyl (C=O) groups is 1. The third-order valence-electron chi connectivity index (χ3n) is 3.57. The summed E-state index contributed by atoms with van der Waals surface area (Å²) in [6, 6.07) is 6.40. The molecule has 1 N–H and O–H groups in total. The van der Waals surface area contributed by atoms with Crippen LogP contribution >= 0.6 is 0 Å². The summed E-state index contributed by atoms with van der Waals surface area (Å²) in [4.78, 5) is 16.1. The number of nitrogens with zero attached hydrogens (tertiary/aromatic N) is 2. The van der Waals surface area contributed by atoms with Gasteiger partial charge in [0.05, 0.1) is 6.54 Å². The highest BCUT2D eigenvalue weighted by Crippen LogP contribution is 2.15. The number of hydrogen-bond acceptors (Lipinski definition) is 3. The quantitative estimate of drug-likeness (QED) is 0.906. The van der Waals surface area contributed by atoms with Crippen molar-refractivity contribution in [2.45, 2.75) is 13.3 Å². The lowest BCUT2D eigenvalue weighted by Crippen LogP contribution is -2.42. The van der Waals surface area contributed by atoms with Crippen molar-refractivity contribution in [1.29, 1.82) is 0 Å². The molecule has 20 heavy (non-hydrogen) atoms. The Labute approximate surface area is 119 Å². The van der Waals surface area contributed by atoms with E-state index in [1.165, 1.54) is 12.1 Å². The van der Waals surface area contributed by atoms with Gasteiger partial charge >= 0.3 is 0 Å². The van der Waals surface area contributed by atoms with Crippen molar-refractivity contribution in [3.05, 3.63) is 30.1 Å². The fraction of sp³-hybridized carbons (Fsp3) is 0.533. The molecule has 0 aliphatic carbocycles. The molecule has 0 spiro atoms. The zero-order chi connectivity index (χ0) is 14.4. The maximum atomic E-state index is 13.3. The number of nitrogens with one attached hydrogen (secondary N) is 1. The minimum atomic E-state index is -0.271. The van der Waals surface area contributed by atoms with Crippen molar-refractivity contribution in [3.63, 3.8) is 0 Å². The van der Waals surface area contributed by atoms with Crippen molar-refractivity contribution in [3.8, 4) is 0 Å². The third-order valence-corrected chi connectivity index (χ3v) is 3.57. The second-order valence-electron chi connectivity index (χ2n) is 4.98. The van der Waals surface area contributed by atoms with Crippen molar-refractivity contribution in [2.24, 2.45) is 0 Å². The molecule has 1 aromatic carbocycles. The maximum Gasteiger partial charge on any atom is 0.242 e. The average Bonchev–Trinajstić information content (AvgIpc) is 2.73. The standard InChI is InChI=1S/C15H22FN3O/c1-2-18(14-6-3-5-13(16)11-14)12-15(20)19-9-4-7-17-8-10-19/h3,5-6,11,17H,2,4,7-10,12H2,1H3. The number of halogens is 1. The van der Waals surface area contributed by atoms with Gasteiger partial charge in [0.1, 0.15) is 5.82 Å². The summed E-state index contributed by atoms with van der Waals surface area (Å²) in [5, 5.41) is 3.28. The monoisotopic (exact) mass is 279 g/mol. The number of likely N-dealkylation sites (N-methyl/N-ethyl adjacent to an activating group) is 1. The molecule has 0 bridgehead atoms. The van der Waals surface area contributed by atoms with Crippen LogP contribution in [0.2, 0.25) is 0 Å². The molecule has 1 aliphatic rings. The number of hydrogen-bond donors (Lipinski definition) is 1. The van der Waals surface area contributed by atoms with Gasteiger partial charge < -0.3 is 15.1 Å². The van der Waals surface area contributed by atoms with Crippen LogP contribution in [0, 0.1) is 5.82 Å². The summed E-state index contributed by atoms with van der Waals surface area (Å²) in [5.74, 6) is -0.160. The van der Waals surface area contributed by atoms with E-state index in [2.05, 4.69) is 5.32 Å². The van der Waals surface area contributed by atoms with Crippen LogP contribution in [0.4, 0.5) is 10.1 Å². The van der Waals surface area contributed by atoms with E-state index in [-0.39, 0.29) is 11.7 Å². The Morgan fingerprint density at radius 2 is 2.25 bits per heavy atom. The second kappa shape index (κ2) is 7.24. The minimum absolute atomic E-state index is 0.111. The van der Waals surface area contributed by atoms with Crippen LogP contribution in [0.1, 0.15) is 13.3 Å². The number of rotatable bonds is 4. The Kier molecular flexibility index (Phi) is 5.35. The van der Waals surface area contributed by atoms with E-state index in [9.17, 15) is 9.18 Å². The first-order valence-electron chi connectivity index (χ1n) is 7.19. The highest BCUT2D eigenvalue weighted by Gasteiger charge is 2.18. The Bertz CT molecular complexity index is 444. The van der Waals surface area contributed by atoms with Crippen LogP contribution < -0.4 is 10.2 Å². The van der Waals surface area contributed by atoms with E-state index in [1.807, 2.05) is 22.8 Å². The topological polar surface area (TPSA) is 35.6 Å². The molecule has 5 heteroatoms. The molecule has 0 saturated carbocycles. The van der Waals surface area contributed by atoms with Gasteiger partial charge in [-0.15, -0.1) is 0 Å². The molecule has 1 aromatic rings. The molecule has 1 aliphatic heterocycles. The first kappa shape index (κ1) is 14.8. The van der Waals surface area contributed by atoms with Gasteiger partial charge in [0.2, 0.25) is 5.91 Å². The maximum absolute atomic E-state index is 13.3. The van der Waals surface area contributed by atoms with Gasteiger partial charge in [-0.2, -0.15) is 0 Å². The molecule has 2 rings (SSSR count). The molecule has 1 saturated heterocycles. The first-order chi connectivity index (χ1) is 9.70. The molecule has 4 nitrogen and oxygen atoms in total. The lowest BCUT2D eigenvalue weighted by Gasteiger charge is -2.27. The Morgan fingerprint density at radius 3 is 3.00 bits per heavy atom. The lowest BCUT2D eigenvalue weighted by molar-refractivity contribution is -0.129. The molecule has 1 fully saturated rings. The van der Waals surface area contributed by atoms with E-state index in [1.54, 1.807) is 6.07 Å². The molecule has 110 valence electrons. The minimum Gasteiger partial charge on any atom is -0.362 e. The fourth-order valence-corrected chi connectivity index (χ4v) is 2.42. The molecular weight excluding hydrogens is 257 g/mol. The fourth-order valence-electron chi connectivity index (χ4n) is 2.42. The van der Waals surface area contributed by atoms with Crippen LogP contribution in [0.15, 0.2) is 24.3 Å². The number of amides is 1. The molecule has 0 unspecified atom stereocenters.